The number of aromatic nitrogens is 1. The zero-order valence-electron chi connectivity index (χ0n) is 10.7. The van der Waals surface area contributed by atoms with Crippen molar-refractivity contribution in [3.8, 4) is 0 Å². The molecule has 0 radical (unpaired) electrons. The summed E-state index contributed by atoms with van der Waals surface area (Å²) in [6.45, 7) is 0. The van der Waals surface area contributed by atoms with Crippen LogP contribution in [0.3, 0.4) is 0 Å². The highest BCUT2D eigenvalue weighted by Crippen LogP contribution is 2.28. The molecule has 0 aliphatic rings. The van der Waals surface area contributed by atoms with Gasteiger partial charge < -0.3 is 0 Å². The lowest BCUT2D eigenvalue weighted by atomic mass is 10.0. The van der Waals surface area contributed by atoms with Crippen LogP contribution in [0.2, 0.25) is 5.02 Å². The lowest BCUT2D eigenvalue weighted by Gasteiger charge is -2.16. The Balaban J connectivity index is 1.90. The van der Waals surface area contributed by atoms with Crippen LogP contribution in [0.25, 0.3) is 10.2 Å². The van der Waals surface area contributed by atoms with Gasteiger partial charge in [-0.15, -0.1) is 11.3 Å². The molecule has 5 heteroatoms. The van der Waals surface area contributed by atoms with Gasteiger partial charge >= 0.3 is 0 Å². The third kappa shape index (κ3) is 2.69. The topological polar surface area (TPSA) is 50.9 Å². The van der Waals surface area contributed by atoms with Crippen LogP contribution in [0.4, 0.5) is 0 Å². The molecule has 0 aliphatic heterocycles. The van der Waals surface area contributed by atoms with E-state index in [1.54, 1.807) is 11.3 Å². The maximum atomic E-state index is 6.23. The highest BCUT2D eigenvalue weighted by molar-refractivity contribution is 7.18. The number of thiazole rings is 1. The minimum atomic E-state index is -0.0377. The minimum Gasteiger partial charge on any atom is -0.271 e. The molecule has 1 heterocycles. The third-order valence-corrected chi connectivity index (χ3v) is 4.60. The molecule has 1 atom stereocenters. The molecule has 0 spiro atoms. The lowest BCUT2D eigenvalue weighted by Crippen LogP contribution is -2.29. The summed E-state index contributed by atoms with van der Waals surface area (Å²) in [7, 11) is 0. The zero-order chi connectivity index (χ0) is 13.9. The van der Waals surface area contributed by atoms with Crippen LogP contribution in [0.1, 0.15) is 16.6 Å². The van der Waals surface area contributed by atoms with Crippen molar-refractivity contribution in [3.63, 3.8) is 0 Å². The van der Waals surface area contributed by atoms with Crippen molar-refractivity contribution >= 4 is 33.2 Å². The Morgan fingerprint density at radius 2 is 1.90 bits per heavy atom. The van der Waals surface area contributed by atoms with Crippen LogP contribution in [0, 0.1) is 0 Å². The molecule has 3 nitrogen and oxygen atoms in total. The first-order valence-corrected chi connectivity index (χ1v) is 7.52. The molecule has 0 amide bonds. The van der Waals surface area contributed by atoms with Gasteiger partial charge in [-0.1, -0.05) is 41.9 Å². The molecule has 0 saturated carbocycles. The molecule has 2 aromatic carbocycles. The summed E-state index contributed by atoms with van der Waals surface area (Å²) in [5.41, 5.74) is 4.86. The van der Waals surface area contributed by atoms with Gasteiger partial charge in [0.15, 0.2) is 0 Å². The molecule has 0 aliphatic carbocycles. The Hall–Kier alpha value is -1.46. The quantitative estimate of drug-likeness (QED) is 0.571. The summed E-state index contributed by atoms with van der Waals surface area (Å²) in [5.74, 6) is 5.68. The fourth-order valence-electron chi connectivity index (χ4n) is 2.20. The SMILES string of the molecule is NNC(Cc1nc2ccccc2s1)c1ccccc1Cl. The van der Waals surface area contributed by atoms with Crippen LogP contribution in [0.5, 0.6) is 0 Å². The van der Waals surface area contributed by atoms with Crippen molar-refractivity contribution in [3.05, 3.63) is 64.1 Å². The van der Waals surface area contributed by atoms with Crippen molar-refractivity contribution < 1.29 is 0 Å². The van der Waals surface area contributed by atoms with Gasteiger partial charge in [0.05, 0.1) is 21.3 Å². The minimum absolute atomic E-state index is 0.0377. The van der Waals surface area contributed by atoms with Gasteiger partial charge in [0.2, 0.25) is 0 Å². The van der Waals surface area contributed by atoms with E-state index in [2.05, 4.69) is 16.5 Å². The van der Waals surface area contributed by atoms with Crippen LogP contribution < -0.4 is 11.3 Å². The van der Waals surface area contributed by atoms with E-state index in [0.717, 1.165) is 27.5 Å². The average molecular weight is 304 g/mol. The van der Waals surface area contributed by atoms with Crippen molar-refractivity contribution in [2.24, 2.45) is 5.84 Å². The summed E-state index contributed by atoms with van der Waals surface area (Å²) in [6.07, 6.45) is 0.722. The second-order valence-corrected chi connectivity index (χ2v) is 6.04. The van der Waals surface area contributed by atoms with Gasteiger partial charge in [0.1, 0.15) is 0 Å². The largest absolute Gasteiger partial charge is 0.271 e. The molecule has 3 N–H and O–H groups in total. The smallest absolute Gasteiger partial charge is 0.0958 e. The number of fused-ring (bicyclic) bond motifs is 1. The second-order valence-electron chi connectivity index (χ2n) is 4.52. The van der Waals surface area contributed by atoms with Gasteiger partial charge in [-0.3, -0.25) is 11.3 Å². The van der Waals surface area contributed by atoms with E-state index in [0.29, 0.717) is 0 Å². The van der Waals surface area contributed by atoms with Crippen LogP contribution in [-0.4, -0.2) is 4.98 Å². The first-order chi connectivity index (χ1) is 9.78. The van der Waals surface area contributed by atoms with Gasteiger partial charge in [-0.25, -0.2) is 4.98 Å². The van der Waals surface area contributed by atoms with Crippen LogP contribution >= 0.6 is 22.9 Å². The molecule has 3 rings (SSSR count). The highest BCUT2D eigenvalue weighted by Gasteiger charge is 2.15. The van der Waals surface area contributed by atoms with E-state index in [9.17, 15) is 0 Å². The first kappa shape index (κ1) is 13.5. The summed E-state index contributed by atoms with van der Waals surface area (Å²) in [4.78, 5) is 4.64. The van der Waals surface area contributed by atoms with E-state index in [-0.39, 0.29) is 6.04 Å². The Morgan fingerprint density at radius 3 is 2.65 bits per heavy atom. The number of para-hydroxylation sites is 1. The van der Waals surface area contributed by atoms with E-state index in [1.807, 2.05) is 42.5 Å². The van der Waals surface area contributed by atoms with Gasteiger partial charge in [-0.05, 0) is 23.8 Å². The molecule has 3 aromatic rings. The molecular formula is C15H14ClN3S. The molecule has 102 valence electrons. The van der Waals surface area contributed by atoms with Gasteiger partial charge in [0.25, 0.3) is 0 Å². The number of nitrogens with one attached hydrogen (secondary N) is 1. The zero-order valence-corrected chi connectivity index (χ0v) is 12.3. The molecule has 0 bridgehead atoms. The lowest BCUT2D eigenvalue weighted by molar-refractivity contribution is 0.551. The number of halogens is 1. The Labute approximate surface area is 126 Å². The van der Waals surface area contributed by atoms with E-state index in [1.165, 1.54) is 4.70 Å². The summed E-state index contributed by atoms with van der Waals surface area (Å²) in [6, 6.07) is 15.8. The monoisotopic (exact) mass is 303 g/mol. The first-order valence-electron chi connectivity index (χ1n) is 6.33. The molecular weight excluding hydrogens is 290 g/mol. The number of nitrogens with two attached hydrogens (primary N) is 1. The van der Waals surface area contributed by atoms with E-state index < -0.39 is 0 Å². The van der Waals surface area contributed by atoms with Gasteiger partial charge in [-0.2, -0.15) is 0 Å². The highest BCUT2D eigenvalue weighted by atomic mass is 35.5. The standard InChI is InChI=1S/C15H14ClN3S/c16-11-6-2-1-5-10(11)13(19-17)9-15-18-12-7-3-4-8-14(12)20-15/h1-8,13,19H,9,17H2. The van der Waals surface area contributed by atoms with Crippen LogP contribution in [0.15, 0.2) is 48.5 Å². The number of rotatable bonds is 4. The molecule has 20 heavy (non-hydrogen) atoms. The molecule has 0 fully saturated rings. The fraction of sp³-hybridized carbons (Fsp3) is 0.133. The van der Waals surface area contributed by atoms with Crippen molar-refractivity contribution in [1.29, 1.82) is 0 Å². The molecule has 1 aromatic heterocycles. The summed E-state index contributed by atoms with van der Waals surface area (Å²) in [5, 5.41) is 1.77. The number of hydrogen-bond donors (Lipinski definition) is 2. The average Bonchev–Trinajstić information content (AvgIpc) is 2.88. The van der Waals surface area contributed by atoms with Crippen molar-refractivity contribution in [2.75, 3.05) is 0 Å². The fourth-order valence-corrected chi connectivity index (χ4v) is 3.48. The third-order valence-electron chi connectivity index (χ3n) is 3.20. The van der Waals surface area contributed by atoms with Gasteiger partial charge in [0, 0.05) is 11.4 Å². The van der Waals surface area contributed by atoms with Crippen molar-refractivity contribution in [1.82, 2.24) is 10.4 Å². The van der Waals surface area contributed by atoms with Crippen LogP contribution in [-0.2, 0) is 6.42 Å². The number of benzene rings is 2. The maximum absolute atomic E-state index is 6.23. The molecule has 0 saturated heterocycles. The Kier molecular flexibility index (Phi) is 3.98. The Morgan fingerprint density at radius 1 is 1.15 bits per heavy atom. The Bertz CT molecular complexity index is 693. The number of hydrazine groups is 1. The van der Waals surface area contributed by atoms with E-state index in [4.69, 9.17) is 17.4 Å². The second kappa shape index (κ2) is 5.89. The summed E-state index contributed by atoms with van der Waals surface area (Å²) < 4.78 is 1.19. The predicted molar refractivity (Wildman–Crippen MR) is 84.8 cm³/mol. The van der Waals surface area contributed by atoms with E-state index >= 15 is 0 Å². The predicted octanol–water partition coefficient (Wildman–Crippen LogP) is 3.70. The molecule has 1 unspecified atom stereocenters. The summed E-state index contributed by atoms with van der Waals surface area (Å²) >= 11 is 7.92. The normalized spacial score (nSPS) is 12.7. The maximum Gasteiger partial charge on any atom is 0.0958 e. The van der Waals surface area contributed by atoms with Crippen molar-refractivity contribution in [2.45, 2.75) is 12.5 Å². The number of nitrogens with zero attached hydrogens (tertiary/aromatic N) is 1. The number of hydrogen-bond acceptors (Lipinski definition) is 4.